The van der Waals surface area contributed by atoms with Crippen LogP contribution in [0.2, 0.25) is 0 Å². The van der Waals surface area contributed by atoms with Gasteiger partial charge in [-0.25, -0.2) is 9.97 Å². The fourth-order valence-electron chi connectivity index (χ4n) is 2.46. The number of fused-ring (bicyclic) bond motifs is 1. The Labute approximate surface area is 146 Å². The van der Waals surface area contributed by atoms with Crippen molar-refractivity contribution in [2.24, 2.45) is 0 Å². The van der Waals surface area contributed by atoms with Crippen molar-refractivity contribution >= 4 is 32.6 Å². The normalized spacial score (nSPS) is 10.8. The molecule has 0 saturated carbocycles. The number of nitrogens with zero attached hydrogens (tertiary/aromatic N) is 3. The zero-order valence-corrected chi connectivity index (χ0v) is 14.0. The zero-order chi connectivity index (χ0) is 17.2. The van der Waals surface area contributed by atoms with Crippen LogP contribution in [0.15, 0.2) is 48.9 Å². The van der Waals surface area contributed by atoms with Gasteiger partial charge >= 0.3 is 0 Å². The first kappa shape index (κ1) is 15.3. The number of hydrogen-bond donors (Lipinski definition) is 2. The minimum absolute atomic E-state index is 0.277. The summed E-state index contributed by atoms with van der Waals surface area (Å²) in [6, 6.07) is 9.90. The Kier molecular flexibility index (Phi) is 3.87. The summed E-state index contributed by atoms with van der Waals surface area (Å²) in [4.78, 5) is 21.0. The third-order valence-corrected chi connectivity index (χ3v) is 4.65. The van der Waals surface area contributed by atoms with Gasteiger partial charge in [-0.05, 0) is 5.56 Å². The number of pyridine rings is 1. The van der Waals surface area contributed by atoms with E-state index < -0.39 is 0 Å². The van der Waals surface area contributed by atoms with E-state index in [0.717, 1.165) is 15.8 Å². The molecule has 4 aromatic rings. The molecule has 0 unspecified atom stereocenters. The summed E-state index contributed by atoms with van der Waals surface area (Å²) in [6.45, 7) is 0. The Morgan fingerprint density at radius 1 is 1.24 bits per heavy atom. The van der Waals surface area contributed by atoms with Crippen LogP contribution in [0.5, 0.6) is 5.88 Å². The molecule has 0 fully saturated rings. The number of amides is 1. The van der Waals surface area contributed by atoms with Gasteiger partial charge in [0.1, 0.15) is 5.52 Å². The number of hydrogen-bond acceptors (Lipinski definition) is 6. The van der Waals surface area contributed by atoms with Gasteiger partial charge in [0.15, 0.2) is 5.13 Å². The fraction of sp³-hybridized carbons (Fsp3) is 0.0588. The van der Waals surface area contributed by atoms with Gasteiger partial charge in [0, 0.05) is 18.0 Å². The van der Waals surface area contributed by atoms with Gasteiger partial charge in [-0.3, -0.25) is 15.2 Å². The Morgan fingerprint density at radius 3 is 2.80 bits per heavy atom. The summed E-state index contributed by atoms with van der Waals surface area (Å²) in [5.41, 5.74) is 3.03. The van der Waals surface area contributed by atoms with Crippen LogP contribution in [0.25, 0.3) is 21.3 Å². The smallest absolute Gasteiger partial charge is 0.260 e. The Bertz CT molecular complexity index is 1030. The van der Waals surface area contributed by atoms with Gasteiger partial charge < -0.3 is 4.74 Å². The van der Waals surface area contributed by atoms with E-state index in [1.54, 1.807) is 13.3 Å². The van der Waals surface area contributed by atoms with Crippen LogP contribution in [0.1, 0.15) is 10.4 Å². The summed E-state index contributed by atoms with van der Waals surface area (Å²) in [5.74, 6) is 0.149. The van der Waals surface area contributed by atoms with E-state index >= 15 is 0 Å². The third-order valence-electron chi connectivity index (χ3n) is 3.64. The summed E-state index contributed by atoms with van der Waals surface area (Å²) in [5, 5.41) is 9.66. The second kappa shape index (κ2) is 6.33. The third kappa shape index (κ3) is 2.83. The van der Waals surface area contributed by atoms with Crippen molar-refractivity contribution in [2.45, 2.75) is 0 Å². The minimum atomic E-state index is -0.277. The molecule has 0 radical (unpaired) electrons. The largest absolute Gasteiger partial charge is 0.479 e. The average molecular weight is 351 g/mol. The van der Waals surface area contributed by atoms with Crippen molar-refractivity contribution in [2.75, 3.05) is 12.4 Å². The highest BCUT2D eigenvalue weighted by atomic mass is 32.1. The summed E-state index contributed by atoms with van der Waals surface area (Å²) in [7, 11) is 1.55. The van der Waals surface area contributed by atoms with Crippen molar-refractivity contribution in [3.63, 3.8) is 0 Å². The monoisotopic (exact) mass is 351 g/mol. The molecule has 0 atom stereocenters. The van der Waals surface area contributed by atoms with Crippen molar-refractivity contribution in [3.8, 4) is 17.0 Å². The minimum Gasteiger partial charge on any atom is -0.479 e. The van der Waals surface area contributed by atoms with Gasteiger partial charge in [-0.2, -0.15) is 5.10 Å². The number of anilines is 1. The Morgan fingerprint density at radius 2 is 2.08 bits per heavy atom. The van der Waals surface area contributed by atoms with Crippen LogP contribution in [0, 0.1) is 0 Å². The van der Waals surface area contributed by atoms with Crippen LogP contribution in [0.4, 0.5) is 5.13 Å². The molecule has 3 aromatic heterocycles. The maximum Gasteiger partial charge on any atom is 0.260 e. The molecule has 0 aliphatic heterocycles. The lowest BCUT2D eigenvalue weighted by molar-refractivity contribution is 0.102. The summed E-state index contributed by atoms with van der Waals surface area (Å²) in [6.07, 6.45) is 4.75. The number of rotatable bonds is 4. The van der Waals surface area contributed by atoms with E-state index in [9.17, 15) is 4.79 Å². The first-order valence-corrected chi connectivity index (χ1v) is 8.27. The summed E-state index contributed by atoms with van der Waals surface area (Å²) >= 11 is 1.38. The highest BCUT2D eigenvalue weighted by Crippen LogP contribution is 2.38. The molecule has 3 heterocycles. The molecule has 0 aliphatic rings. The molecule has 0 bridgehead atoms. The predicted octanol–water partition coefficient (Wildman–Crippen LogP) is 3.34. The molecule has 1 aromatic carbocycles. The number of thiazole rings is 1. The molecule has 25 heavy (non-hydrogen) atoms. The number of H-pyrrole nitrogens is 1. The van der Waals surface area contributed by atoms with Crippen LogP contribution in [-0.2, 0) is 0 Å². The van der Waals surface area contributed by atoms with Crippen LogP contribution < -0.4 is 10.1 Å². The van der Waals surface area contributed by atoms with E-state index in [4.69, 9.17) is 4.74 Å². The number of nitrogens with one attached hydrogen (secondary N) is 2. The van der Waals surface area contributed by atoms with Crippen molar-refractivity contribution in [3.05, 3.63) is 54.5 Å². The van der Waals surface area contributed by atoms with Crippen LogP contribution in [0.3, 0.4) is 0 Å². The number of aromatic nitrogens is 4. The quantitative estimate of drug-likeness (QED) is 0.588. The van der Waals surface area contributed by atoms with Gasteiger partial charge in [0.25, 0.3) is 5.91 Å². The zero-order valence-electron chi connectivity index (χ0n) is 13.2. The lowest BCUT2D eigenvalue weighted by atomic mass is 10.1. The molecule has 4 rings (SSSR count). The molecular weight excluding hydrogens is 338 g/mol. The molecule has 124 valence electrons. The predicted molar refractivity (Wildman–Crippen MR) is 95.9 cm³/mol. The number of ether oxygens (including phenoxy) is 1. The fourth-order valence-corrected chi connectivity index (χ4v) is 3.45. The van der Waals surface area contributed by atoms with E-state index in [0.29, 0.717) is 22.1 Å². The number of carbonyl (C=O) groups excluding carboxylic acids is 1. The molecule has 1 amide bonds. The van der Waals surface area contributed by atoms with Gasteiger partial charge in [0.2, 0.25) is 5.88 Å². The average Bonchev–Trinajstić information content (AvgIpc) is 3.31. The second-order valence-corrected chi connectivity index (χ2v) is 6.18. The standard InChI is InChI=1S/C17H13N5O2S/c1-24-16-13-14(12(9-18-16)10-5-3-2-4-6-10)25-17(21-13)22-15(23)11-7-19-20-8-11/h2-9H,1H3,(H,19,20)(H,21,22,23). The maximum atomic E-state index is 12.2. The number of benzene rings is 1. The van der Waals surface area contributed by atoms with E-state index in [2.05, 4.69) is 25.5 Å². The SMILES string of the molecule is COc1ncc(-c2ccccc2)c2sc(NC(=O)c3cn[nH]c3)nc12. The molecule has 0 saturated heterocycles. The second-order valence-electron chi connectivity index (χ2n) is 5.19. The number of methoxy groups -OCH3 is 1. The Hall–Kier alpha value is -3.26. The molecule has 7 nitrogen and oxygen atoms in total. The van der Waals surface area contributed by atoms with Crippen molar-refractivity contribution in [1.29, 1.82) is 0 Å². The highest BCUT2D eigenvalue weighted by molar-refractivity contribution is 7.23. The van der Waals surface area contributed by atoms with Gasteiger partial charge in [-0.1, -0.05) is 41.7 Å². The number of carbonyl (C=O) groups is 1. The van der Waals surface area contributed by atoms with Gasteiger partial charge in [0.05, 0.1) is 23.6 Å². The Balaban J connectivity index is 1.79. The molecule has 0 aliphatic carbocycles. The highest BCUT2D eigenvalue weighted by Gasteiger charge is 2.17. The summed E-state index contributed by atoms with van der Waals surface area (Å²) < 4.78 is 6.22. The van der Waals surface area contributed by atoms with E-state index in [-0.39, 0.29) is 5.91 Å². The van der Waals surface area contributed by atoms with E-state index in [1.807, 2.05) is 30.3 Å². The molecule has 2 N–H and O–H groups in total. The topological polar surface area (TPSA) is 92.8 Å². The number of aromatic amines is 1. The van der Waals surface area contributed by atoms with Crippen molar-refractivity contribution < 1.29 is 9.53 Å². The van der Waals surface area contributed by atoms with Crippen LogP contribution in [-0.4, -0.2) is 33.2 Å². The molecule has 0 spiro atoms. The lowest BCUT2D eigenvalue weighted by Crippen LogP contribution is -2.10. The first-order valence-electron chi connectivity index (χ1n) is 7.45. The van der Waals surface area contributed by atoms with Crippen LogP contribution >= 0.6 is 11.3 Å². The first-order chi connectivity index (χ1) is 12.3. The molecule has 8 heteroatoms. The van der Waals surface area contributed by atoms with Gasteiger partial charge in [-0.15, -0.1) is 0 Å². The maximum absolute atomic E-state index is 12.2. The lowest BCUT2D eigenvalue weighted by Gasteiger charge is -2.04. The van der Waals surface area contributed by atoms with E-state index in [1.165, 1.54) is 23.7 Å². The van der Waals surface area contributed by atoms with Crippen molar-refractivity contribution in [1.82, 2.24) is 20.2 Å². The molecular formula is C17H13N5O2S.